The maximum Gasteiger partial charge on any atom is 0.243 e. The van der Waals surface area contributed by atoms with E-state index in [-0.39, 0.29) is 10.9 Å². The van der Waals surface area contributed by atoms with E-state index in [2.05, 4.69) is 15.9 Å². The highest BCUT2D eigenvalue weighted by Gasteiger charge is 2.30. The topological polar surface area (TPSA) is 37.4 Å². The first-order chi connectivity index (χ1) is 9.38. The number of aryl methyl sites for hydroxylation is 1. The molecule has 0 aromatic heterocycles. The molecule has 0 bridgehead atoms. The minimum Gasteiger partial charge on any atom is -0.207 e. The maximum absolute atomic E-state index is 13.4. The van der Waals surface area contributed by atoms with Crippen molar-refractivity contribution in [2.45, 2.75) is 44.6 Å². The van der Waals surface area contributed by atoms with E-state index in [9.17, 15) is 12.8 Å². The minimum absolute atomic E-state index is 0.0605. The monoisotopic (exact) mass is 365 g/mol. The molecule has 0 aliphatic carbocycles. The summed E-state index contributed by atoms with van der Waals surface area (Å²) in [5, 5.41) is 0.553. The van der Waals surface area contributed by atoms with Crippen molar-refractivity contribution in [2.24, 2.45) is 0 Å². The summed E-state index contributed by atoms with van der Waals surface area (Å²) in [6.45, 7) is 5.99. The summed E-state index contributed by atoms with van der Waals surface area (Å²) in [5.41, 5.74) is 0.567. The van der Waals surface area contributed by atoms with Crippen molar-refractivity contribution < 1.29 is 12.8 Å². The van der Waals surface area contributed by atoms with Crippen molar-refractivity contribution in [1.82, 2.24) is 4.31 Å². The zero-order valence-corrected chi connectivity index (χ0v) is 14.5. The van der Waals surface area contributed by atoms with Gasteiger partial charge in [0.1, 0.15) is 5.82 Å². The molecule has 3 nitrogen and oxygen atoms in total. The van der Waals surface area contributed by atoms with Crippen LogP contribution in [-0.4, -0.2) is 30.6 Å². The van der Waals surface area contributed by atoms with E-state index in [1.807, 2.05) is 13.8 Å². The van der Waals surface area contributed by atoms with E-state index in [1.54, 1.807) is 6.92 Å². The molecule has 0 radical (unpaired) electrons. The van der Waals surface area contributed by atoms with Gasteiger partial charge < -0.3 is 0 Å². The average Bonchev–Trinajstić information content (AvgIpc) is 2.41. The highest BCUT2D eigenvalue weighted by molar-refractivity contribution is 9.09. The molecule has 1 aromatic rings. The predicted molar refractivity (Wildman–Crippen MR) is 83.2 cm³/mol. The Morgan fingerprint density at radius 3 is 2.40 bits per heavy atom. The Labute approximate surface area is 129 Å². The van der Waals surface area contributed by atoms with Crippen LogP contribution >= 0.6 is 15.9 Å². The van der Waals surface area contributed by atoms with E-state index < -0.39 is 15.8 Å². The lowest BCUT2D eigenvalue weighted by molar-refractivity contribution is 0.317. The van der Waals surface area contributed by atoms with Gasteiger partial charge in [0, 0.05) is 17.9 Å². The van der Waals surface area contributed by atoms with Crippen LogP contribution in [0.15, 0.2) is 23.1 Å². The molecule has 0 saturated carbocycles. The lowest BCUT2D eigenvalue weighted by Gasteiger charge is -2.29. The van der Waals surface area contributed by atoms with E-state index in [1.165, 1.54) is 16.4 Å². The fraction of sp³-hybridized carbons (Fsp3) is 0.571. The molecule has 0 atom stereocenters. The molecule has 0 heterocycles. The lowest BCUT2D eigenvalue weighted by Crippen LogP contribution is -2.41. The number of nitrogens with zero attached hydrogens (tertiary/aromatic N) is 1. The third kappa shape index (κ3) is 3.80. The Hall–Kier alpha value is -0.460. The van der Waals surface area contributed by atoms with Gasteiger partial charge >= 0.3 is 0 Å². The molecule has 1 rings (SSSR count). The first-order valence-corrected chi connectivity index (χ1v) is 9.28. The van der Waals surface area contributed by atoms with Gasteiger partial charge in [-0.05, 0) is 37.5 Å². The fourth-order valence-corrected chi connectivity index (χ4v) is 4.88. The van der Waals surface area contributed by atoms with Gasteiger partial charge in [-0.15, -0.1) is 0 Å². The standard InChI is InChI=1S/C14H21BrFNO2S/c1-4-13(5-2)17(9-8-15)20(18,19)14-10-12(16)7-6-11(14)3/h6-7,10,13H,4-5,8-9H2,1-3H3. The Morgan fingerprint density at radius 1 is 1.30 bits per heavy atom. The van der Waals surface area contributed by atoms with Crippen molar-refractivity contribution in [3.63, 3.8) is 0 Å². The zero-order chi connectivity index (χ0) is 15.3. The summed E-state index contributed by atoms with van der Waals surface area (Å²) in [5.74, 6) is -0.530. The highest BCUT2D eigenvalue weighted by atomic mass is 79.9. The van der Waals surface area contributed by atoms with Crippen LogP contribution in [0.2, 0.25) is 0 Å². The second-order valence-electron chi connectivity index (χ2n) is 4.68. The normalized spacial score (nSPS) is 12.3. The molecule has 0 aliphatic heterocycles. The fourth-order valence-electron chi connectivity index (χ4n) is 2.26. The van der Waals surface area contributed by atoms with Crippen molar-refractivity contribution in [2.75, 3.05) is 11.9 Å². The van der Waals surface area contributed by atoms with Gasteiger partial charge in [-0.2, -0.15) is 4.31 Å². The summed E-state index contributed by atoms with van der Waals surface area (Å²) in [7, 11) is -3.68. The number of alkyl halides is 1. The molecule has 1 aromatic carbocycles. The first kappa shape index (κ1) is 17.6. The first-order valence-electron chi connectivity index (χ1n) is 6.72. The predicted octanol–water partition coefficient (Wildman–Crippen LogP) is 3.71. The van der Waals surface area contributed by atoms with Crippen LogP contribution in [0.3, 0.4) is 0 Å². The second kappa shape index (κ2) is 7.52. The van der Waals surface area contributed by atoms with Crippen molar-refractivity contribution >= 4 is 26.0 Å². The summed E-state index contributed by atoms with van der Waals surface area (Å²) in [4.78, 5) is 0.0605. The van der Waals surface area contributed by atoms with E-state index in [0.29, 0.717) is 17.4 Å². The van der Waals surface area contributed by atoms with Gasteiger partial charge in [-0.3, -0.25) is 0 Å². The number of sulfonamides is 1. The smallest absolute Gasteiger partial charge is 0.207 e. The number of rotatable bonds is 7. The Balaban J connectivity index is 3.32. The Kier molecular flexibility index (Phi) is 6.61. The third-order valence-electron chi connectivity index (χ3n) is 3.39. The van der Waals surface area contributed by atoms with Crippen LogP contribution in [0, 0.1) is 12.7 Å². The Morgan fingerprint density at radius 2 is 1.90 bits per heavy atom. The Bertz CT molecular complexity index is 544. The number of benzene rings is 1. The highest BCUT2D eigenvalue weighted by Crippen LogP contribution is 2.24. The van der Waals surface area contributed by atoms with Crippen LogP contribution in [0.25, 0.3) is 0 Å². The summed E-state index contributed by atoms with van der Waals surface area (Å²) >= 11 is 3.29. The molecule has 0 unspecified atom stereocenters. The minimum atomic E-state index is -3.68. The third-order valence-corrected chi connectivity index (χ3v) is 5.84. The van der Waals surface area contributed by atoms with Crippen molar-refractivity contribution in [3.05, 3.63) is 29.6 Å². The molecule has 0 amide bonds. The van der Waals surface area contributed by atoms with E-state index in [0.717, 1.165) is 18.9 Å². The second-order valence-corrected chi connectivity index (χ2v) is 7.34. The van der Waals surface area contributed by atoms with Crippen LogP contribution in [-0.2, 0) is 10.0 Å². The summed E-state index contributed by atoms with van der Waals surface area (Å²) < 4.78 is 40.5. The number of halogens is 2. The van der Waals surface area contributed by atoms with Crippen molar-refractivity contribution in [3.8, 4) is 0 Å². The van der Waals surface area contributed by atoms with Gasteiger partial charge in [-0.25, -0.2) is 12.8 Å². The molecule has 0 aliphatic rings. The van der Waals surface area contributed by atoms with Gasteiger partial charge in [0.15, 0.2) is 0 Å². The average molecular weight is 366 g/mol. The maximum atomic E-state index is 13.4. The van der Waals surface area contributed by atoms with Gasteiger partial charge in [0.05, 0.1) is 4.90 Å². The van der Waals surface area contributed by atoms with Crippen LogP contribution in [0.4, 0.5) is 4.39 Å². The SMILES string of the molecule is CCC(CC)N(CCBr)S(=O)(=O)c1cc(F)ccc1C. The summed E-state index contributed by atoms with van der Waals surface area (Å²) in [6, 6.07) is 3.82. The van der Waals surface area contributed by atoms with E-state index in [4.69, 9.17) is 0 Å². The molecular formula is C14H21BrFNO2S. The van der Waals surface area contributed by atoms with Crippen LogP contribution < -0.4 is 0 Å². The number of hydrogen-bond acceptors (Lipinski definition) is 2. The molecule has 114 valence electrons. The molecule has 0 spiro atoms. The largest absolute Gasteiger partial charge is 0.243 e. The lowest BCUT2D eigenvalue weighted by atomic mass is 10.2. The van der Waals surface area contributed by atoms with Crippen molar-refractivity contribution in [1.29, 1.82) is 0 Å². The quantitative estimate of drug-likeness (QED) is 0.690. The van der Waals surface area contributed by atoms with Gasteiger partial charge in [-0.1, -0.05) is 35.8 Å². The van der Waals surface area contributed by atoms with Gasteiger partial charge in [0.25, 0.3) is 0 Å². The summed E-state index contributed by atoms with van der Waals surface area (Å²) in [6.07, 6.45) is 1.47. The molecule has 0 N–H and O–H groups in total. The number of hydrogen-bond donors (Lipinski definition) is 0. The molecule has 0 fully saturated rings. The van der Waals surface area contributed by atoms with E-state index >= 15 is 0 Å². The van der Waals surface area contributed by atoms with Crippen LogP contribution in [0.1, 0.15) is 32.3 Å². The molecule has 20 heavy (non-hydrogen) atoms. The molecular weight excluding hydrogens is 345 g/mol. The molecule has 0 saturated heterocycles. The molecule has 6 heteroatoms. The van der Waals surface area contributed by atoms with Crippen LogP contribution in [0.5, 0.6) is 0 Å². The zero-order valence-electron chi connectivity index (χ0n) is 12.1. The van der Waals surface area contributed by atoms with Gasteiger partial charge in [0.2, 0.25) is 10.0 Å².